The number of carbonyl (C=O) groups is 3. The molecule has 2 aromatic rings. The largest absolute Gasteiger partial charge is 0.491 e. The number of hydrogen-bond donors (Lipinski definition) is 1. The van der Waals surface area contributed by atoms with Crippen molar-refractivity contribution < 1.29 is 28.2 Å². The number of methoxy groups -OCH3 is 1. The van der Waals surface area contributed by atoms with Crippen LogP contribution in [-0.2, 0) is 9.53 Å². The molecule has 0 bridgehead atoms. The van der Waals surface area contributed by atoms with E-state index in [1.54, 1.807) is 43.3 Å². The lowest BCUT2D eigenvalue weighted by atomic mass is 10.0. The highest BCUT2D eigenvalue weighted by molar-refractivity contribution is 5.99. The lowest BCUT2D eigenvalue weighted by molar-refractivity contribution is -0.114. The minimum absolute atomic E-state index is 0.0137. The van der Waals surface area contributed by atoms with Crippen LogP contribution in [0.3, 0.4) is 0 Å². The first-order valence-electron chi connectivity index (χ1n) is 11.5. The third-order valence-corrected chi connectivity index (χ3v) is 6.13. The number of nitrogens with zero attached hydrogens (tertiary/aromatic N) is 2. The molecule has 0 radical (unpaired) electrons. The molecule has 0 saturated carbocycles. The Morgan fingerprint density at radius 3 is 2.51 bits per heavy atom. The molecular weight excluding hydrogens is 453 g/mol. The normalized spacial score (nSPS) is 21.3. The monoisotopic (exact) mass is 485 g/mol. The summed E-state index contributed by atoms with van der Waals surface area (Å²) in [6, 6.07) is 10.3. The van der Waals surface area contributed by atoms with Crippen molar-refractivity contribution in [2.45, 2.75) is 32.9 Å². The van der Waals surface area contributed by atoms with Gasteiger partial charge in [-0.15, -0.1) is 0 Å². The quantitative estimate of drug-likeness (QED) is 0.720. The number of anilines is 1. The minimum Gasteiger partial charge on any atom is -0.491 e. The molecule has 1 heterocycles. The second-order valence-electron chi connectivity index (χ2n) is 8.93. The Bertz CT molecular complexity index is 1090. The van der Waals surface area contributed by atoms with Gasteiger partial charge in [-0.1, -0.05) is 19.1 Å². The van der Waals surface area contributed by atoms with Crippen LogP contribution in [0.4, 0.5) is 10.1 Å². The number of hydrogen-bond acceptors (Lipinski definition) is 5. The maximum atomic E-state index is 14.4. The van der Waals surface area contributed by atoms with Gasteiger partial charge in [0, 0.05) is 45.8 Å². The summed E-state index contributed by atoms with van der Waals surface area (Å²) < 4.78 is 26.1. The van der Waals surface area contributed by atoms with Crippen molar-refractivity contribution >= 4 is 23.4 Å². The SMILES string of the molecule is CO[C@@H]1CN(C)C(=O)c2cc(NC(C)=O)ccc2OC[C@H](C)N(C(=O)c2ccccc2F)C[C@@H]1C. The van der Waals surface area contributed by atoms with Gasteiger partial charge in [-0.3, -0.25) is 14.4 Å². The van der Waals surface area contributed by atoms with E-state index in [0.29, 0.717) is 11.4 Å². The van der Waals surface area contributed by atoms with E-state index in [9.17, 15) is 18.8 Å². The van der Waals surface area contributed by atoms with Gasteiger partial charge in [-0.25, -0.2) is 4.39 Å². The third kappa shape index (κ3) is 6.16. The summed E-state index contributed by atoms with van der Waals surface area (Å²) in [6.07, 6.45) is -0.380. The summed E-state index contributed by atoms with van der Waals surface area (Å²) in [4.78, 5) is 41.3. The van der Waals surface area contributed by atoms with Crippen LogP contribution < -0.4 is 10.1 Å². The minimum atomic E-state index is -0.589. The Labute approximate surface area is 205 Å². The molecule has 0 unspecified atom stereocenters. The first kappa shape index (κ1) is 26.2. The number of fused-ring (bicyclic) bond motifs is 1. The topological polar surface area (TPSA) is 88.2 Å². The van der Waals surface area contributed by atoms with Crippen molar-refractivity contribution in [3.63, 3.8) is 0 Å². The molecule has 0 aromatic heterocycles. The second-order valence-corrected chi connectivity index (χ2v) is 8.93. The zero-order valence-electron chi connectivity index (χ0n) is 20.7. The molecule has 1 aliphatic heterocycles. The summed E-state index contributed by atoms with van der Waals surface area (Å²) >= 11 is 0. The Balaban J connectivity index is 2.01. The average molecular weight is 486 g/mol. The lowest BCUT2D eigenvalue weighted by Crippen LogP contribution is -2.48. The first-order chi connectivity index (χ1) is 16.6. The Hall–Kier alpha value is -3.46. The number of halogens is 1. The van der Waals surface area contributed by atoms with Crippen molar-refractivity contribution in [1.29, 1.82) is 0 Å². The number of carbonyl (C=O) groups excluding carboxylic acids is 3. The molecule has 35 heavy (non-hydrogen) atoms. The molecule has 3 amide bonds. The Morgan fingerprint density at radius 1 is 1.14 bits per heavy atom. The molecule has 1 N–H and O–H groups in total. The Morgan fingerprint density at radius 2 is 1.86 bits per heavy atom. The summed E-state index contributed by atoms with van der Waals surface area (Å²) in [7, 11) is 3.22. The van der Waals surface area contributed by atoms with Crippen LogP contribution in [0.25, 0.3) is 0 Å². The van der Waals surface area contributed by atoms with Crippen molar-refractivity contribution in [3.05, 3.63) is 59.4 Å². The molecule has 0 saturated heterocycles. The molecule has 9 heteroatoms. The summed E-state index contributed by atoms with van der Waals surface area (Å²) in [5.41, 5.74) is 0.732. The van der Waals surface area contributed by atoms with Crippen LogP contribution in [0.2, 0.25) is 0 Å². The fraction of sp³-hybridized carbons (Fsp3) is 0.423. The van der Waals surface area contributed by atoms with E-state index >= 15 is 0 Å². The molecule has 0 spiro atoms. The highest BCUT2D eigenvalue weighted by Crippen LogP contribution is 2.27. The molecule has 0 aliphatic carbocycles. The van der Waals surface area contributed by atoms with Crippen molar-refractivity contribution in [3.8, 4) is 5.75 Å². The van der Waals surface area contributed by atoms with Crippen molar-refractivity contribution in [1.82, 2.24) is 9.80 Å². The van der Waals surface area contributed by atoms with Gasteiger partial charge in [0.05, 0.1) is 23.3 Å². The fourth-order valence-corrected chi connectivity index (χ4v) is 4.13. The maximum Gasteiger partial charge on any atom is 0.257 e. The number of benzene rings is 2. The standard InChI is InChI=1S/C26H32FN3O5/c1-16-13-30(26(33)20-8-6-7-9-22(20)27)17(2)15-35-23-11-10-19(28-18(3)31)12-21(23)25(32)29(4)14-24(16)34-5/h6-12,16-17,24H,13-15H2,1-5H3,(H,28,31)/t16-,17-,24+/m0/s1. The van der Waals surface area contributed by atoms with Crippen LogP contribution >= 0.6 is 0 Å². The van der Waals surface area contributed by atoms with E-state index in [-0.39, 0.29) is 54.7 Å². The number of likely N-dealkylation sites (N-methyl/N-ethyl adjacent to an activating group) is 1. The number of amides is 3. The highest BCUT2D eigenvalue weighted by atomic mass is 19.1. The fourth-order valence-electron chi connectivity index (χ4n) is 4.13. The maximum absolute atomic E-state index is 14.4. The van der Waals surface area contributed by atoms with E-state index in [1.165, 1.54) is 30.0 Å². The van der Waals surface area contributed by atoms with Crippen LogP contribution in [0, 0.1) is 11.7 Å². The summed E-state index contributed by atoms with van der Waals surface area (Å²) in [6.45, 7) is 5.75. The van der Waals surface area contributed by atoms with Gasteiger partial charge in [-0.05, 0) is 37.3 Å². The molecule has 0 fully saturated rings. The van der Waals surface area contributed by atoms with E-state index < -0.39 is 17.8 Å². The molecule has 3 atom stereocenters. The summed E-state index contributed by atoms with van der Waals surface area (Å²) in [5, 5.41) is 2.68. The molecule has 8 nitrogen and oxygen atoms in total. The summed E-state index contributed by atoms with van der Waals surface area (Å²) in [5.74, 6) is -1.42. The van der Waals surface area contributed by atoms with Gasteiger partial charge < -0.3 is 24.6 Å². The highest BCUT2D eigenvalue weighted by Gasteiger charge is 2.31. The lowest BCUT2D eigenvalue weighted by Gasteiger charge is -2.36. The van der Waals surface area contributed by atoms with Gasteiger partial charge in [0.2, 0.25) is 5.91 Å². The average Bonchev–Trinajstić information content (AvgIpc) is 2.82. The van der Waals surface area contributed by atoms with Gasteiger partial charge >= 0.3 is 0 Å². The van der Waals surface area contributed by atoms with E-state index in [2.05, 4.69) is 5.32 Å². The van der Waals surface area contributed by atoms with Crippen LogP contribution in [0.15, 0.2) is 42.5 Å². The molecule has 188 valence electrons. The predicted molar refractivity (Wildman–Crippen MR) is 130 cm³/mol. The second kappa shape index (κ2) is 11.3. The molecular formula is C26H32FN3O5. The third-order valence-electron chi connectivity index (χ3n) is 6.13. The van der Waals surface area contributed by atoms with Gasteiger partial charge in [-0.2, -0.15) is 0 Å². The number of nitrogens with one attached hydrogen (secondary N) is 1. The zero-order chi connectivity index (χ0) is 25.7. The molecule has 1 aliphatic rings. The van der Waals surface area contributed by atoms with Gasteiger partial charge in [0.25, 0.3) is 11.8 Å². The Kier molecular flexibility index (Phi) is 8.45. The molecule has 3 rings (SSSR count). The smallest absolute Gasteiger partial charge is 0.257 e. The van der Waals surface area contributed by atoms with Crippen molar-refractivity contribution in [2.75, 3.05) is 39.2 Å². The number of ether oxygens (including phenoxy) is 2. The zero-order valence-corrected chi connectivity index (χ0v) is 20.7. The van der Waals surface area contributed by atoms with E-state index in [0.717, 1.165) is 0 Å². The van der Waals surface area contributed by atoms with Crippen LogP contribution in [0.1, 0.15) is 41.5 Å². The predicted octanol–water partition coefficient (Wildman–Crippen LogP) is 3.43. The van der Waals surface area contributed by atoms with Gasteiger partial charge in [0.1, 0.15) is 18.2 Å². The van der Waals surface area contributed by atoms with Crippen LogP contribution in [0.5, 0.6) is 5.75 Å². The van der Waals surface area contributed by atoms with E-state index in [4.69, 9.17) is 9.47 Å². The van der Waals surface area contributed by atoms with E-state index in [1.807, 2.05) is 13.8 Å². The number of rotatable bonds is 3. The first-order valence-corrected chi connectivity index (χ1v) is 11.5. The van der Waals surface area contributed by atoms with Crippen molar-refractivity contribution in [2.24, 2.45) is 5.92 Å². The van der Waals surface area contributed by atoms with Gasteiger partial charge in [0.15, 0.2) is 0 Å². The molecule has 2 aromatic carbocycles. The van der Waals surface area contributed by atoms with Crippen LogP contribution in [-0.4, -0.2) is 73.5 Å².